The number of pyridine rings is 1. The molecule has 1 aromatic rings. The summed E-state index contributed by atoms with van der Waals surface area (Å²) in [6.07, 6.45) is 3.74. The molecular formula is C11H11Cl3N2O2. The van der Waals surface area contributed by atoms with E-state index in [1.54, 1.807) is 0 Å². The van der Waals surface area contributed by atoms with Crippen molar-refractivity contribution in [1.82, 2.24) is 10.3 Å². The van der Waals surface area contributed by atoms with Gasteiger partial charge in [0.1, 0.15) is 5.69 Å². The summed E-state index contributed by atoms with van der Waals surface area (Å²) >= 11 is 17.5. The standard InChI is InChI=1S/C11H11Cl3N2O2/c12-6-4-15-9(8(14)7(6)13)10(18)16-11(5-17)2-1-3-11/h4,17H,1-3,5H2,(H,16,18). The summed E-state index contributed by atoms with van der Waals surface area (Å²) in [6.45, 7) is -0.0995. The Labute approximate surface area is 119 Å². The number of aliphatic hydroxyl groups is 1. The summed E-state index contributed by atoms with van der Waals surface area (Å²) in [4.78, 5) is 15.9. The summed E-state index contributed by atoms with van der Waals surface area (Å²) < 4.78 is 0. The van der Waals surface area contributed by atoms with Crippen LogP contribution in [0.2, 0.25) is 15.1 Å². The van der Waals surface area contributed by atoms with E-state index in [4.69, 9.17) is 34.8 Å². The van der Waals surface area contributed by atoms with Gasteiger partial charge in [0.15, 0.2) is 0 Å². The van der Waals surface area contributed by atoms with Gasteiger partial charge in [-0.25, -0.2) is 4.98 Å². The second-order valence-corrected chi connectivity index (χ2v) is 5.49. The number of amides is 1. The first-order valence-electron chi connectivity index (χ1n) is 5.42. The quantitative estimate of drug-likeness (QED) is 0.902. The summed E-state index contributed by atoms with van der Waals surface area (Å²) in [5.74, 6) is -0.452. The van der Waals surface area contributed by atoms with Crippen molar-refractivity contribution in [2.24, 2.45) is 0 Å². The first-order valence-corrected chi connectivity index (χ1v) is 6.55. The van der Waals surface area contributed by atoms with Crippen molar-refractivity contribution in [3.8, 4) is 0 Å². The van der Waals surface area contributed by atoms with Gasteiger partial charge >= 0.3 is 0 Å². The molecule has 1 fully saturated rings. The van der Waals surface area contributed by atoms with Crippen molar-refractivity contribution >= 4 is 40.7 Å². The molecule has 0 radical (unpaired) electrons. The van der Waals surface area contributed by atoms with Gasteiger partial charge in [0.2, 0.25) is 0 Å². The Morgan fingerprint density at radius 2 is 2.06 bits per heavy atom. The minimum atomic E-state index is -0.547. The number of nitrogens with zero attached hydrogens (tertiary/aromatic N) is 1. The Balaban J connectivity index is 2.22. The molecule has 18 heavy (non-hydrogen) atoms. The van der Waals surface area contributed by atoms with Crippen LogP contribution in [0.3, 0.4) is 0 Å². The maximum absolute atomic E-state index is 12.0. The normalized spacial score (nSPS) is 17.1. The summed E-state index contributed by atoms with van der Waals surface area (Å²) in [5.41, 5.74) is -0.528. The fraction of sp³-hybridized carbons (Fsp3) is 0.455. The first-order chi connectivity index (χ1) is 8.49. The number of halogens is 3. The summed E-state index contributed by atoms with van der Waals surface area (Å²) in [6, 6.07) is 0. The monoisotopic (exact) mass is 308 g/mol. The molecule has 0 bridgehead atoms. The molecule has 1 aliphatic carbocycles. The van der Waals surface area contributed by atoms with Crippen LogP contribution in [0.1, 0.15) is 29.8 Å². The minimum Gasteiger partial charge on any atom is -0.394 e. The zero-order valence-corrected chi connectivity index (χ0v) is 11.6. The smallest absolute Gasteiger partial charge is 0.271 e. The van der Waals surface area contributed by atoms with Crippen LogP contribution in [0, 0.1) is 0 Å². The van der Waals surface area contributed by atoms with Crippen molar-refractivity contribution in [3.05, 3.63) is 27.0 Å². The average molecular weight is 310 g/mol. The topological polar surface area (TPSA) is 62.2 Å². The number of carbonyl (C=O) groups excluding carboxylic acids is 1. The van der Waals surface area contributed by atoms with E-state index in [1.807, 2.05) is 0 Å². The highest BCUT2D eigenvalue weighted by atomic mass is 35.5. The molecule has 0 unspecified atom stereocenters. The van der Waals surface area contributed by atoms with Gasteiger partial charge in [-0.05, 0) is 19.3 Å². The predicted molar refractivity (Wildman–Crippen MR) is 70.4 cm³/mol. The van der Waals surface area contributed by atoms with E-state index in [1.165, 1.54) is 6.20 Å². The third kappa shape index (κ3) is 2.43. The van der Waals surface area contributed by atoms with E-state index in [9.17, 15) is 9.90 Å². The van der Waals surface area contributed by atoms with Gasteiger partial charge in [-0.15, -0.1) is 0 Å². The molecular weight excluding hydrogens is 298 g/mol. The Morgan fingerprint density at radius 1 is 1.39 bits per heavy atom. The van der Waals surface area contributed by atoms with Crippen LogP contribution in [0.5, 0.6) is 0 Å². The highest BCUT2D eigenvalue weighted by Crippen LogP contribution is 2.34. The fourth-order valence-electron chi connectivity index (χ4n) is 1.83. The van der Waals surface area contributed by atoms with Crippen molar-refractivity contribution in [3.63, 3.8) is 0 Å². The minimum absolute atomic E-state index is 0.0193. The molecule has 7 heteroatoms. The maximum Gasteiger partial charge on any atom is 0.271 e. The van der Waals surface area contributed by atoms with Crippen LogP contribution < -0.4 is 5.32 Å². The molecule has 1 aromatic heterocycles. The lowest BCUT2D eigenvalue weighted by atomic mass is 9.77. The van der Waals surface area contributed by atoms with Gasteiger partial charge in [0.05, 0.1) is 27.2 Å². The first kappa shape index (κ1) is 13.9. The Morgan fingerprint density at radius 3 is 2.56 bits per heavy atom. The van der Waals surface area contributed by atoms with E-state index in [-0.39, 0.29) is 27.4 Å². The van der Waals surface area contributed by atoms with E-state index < -0.39 is 11.4 Å². The second kappa shape index (κ2) is 5.21. The van der Waals surface area contributed by atoms with Crippen molar-refractivity contribution in [2.75, 3.05) is 6.61 Å². The molecule has 4 nitrogen and oxygen atoms in total. The summed E-state index contributed by atoms with van der Waals surface area (Å²) in [7, 11) is 0. The zero-order chi connectivity index (χ0) is 13.3. The van der Waals surface area contributed by atoms with Gasteiger partial charge < -0.3 is 10.4 Å². The number of rotatable bonds is 3. The van der Waals surface area contributed by atoms with Crippen LogP contribution >= 0.6 is 34.8 Å². The molecule has 2 rings (SSSR count). The number of hydrogen-bond acceptors (Lipinski definition) is 3. The van der Waals surface area contributed by atoms with E-state index in [0.29, 0.717) is 0 Å². The number of aromatic nitrogens is 1. The number of nitrogens with one attached hydrogen (secondary N) is 1. The van der Waals surface area contributed by atoms with Gasteiger partial charge in [-0.3, -0.25) is 4.79 Å². The highest BCUT2D eigenvalue weighted by Gasteiger charge is 2.38. The van der Waals surface area contributed by atoms with Crippen LogP contribution in [0.15, 0.2) is 6.20 Å². The predicted octanol–water partition coefficient (Wildman–Crippen LogP) is 2.69. The van der Waals surface area contributed by atoms with Gasteiger partial charge in [0.25, 0.3) is 5.91 Å². The van der Waals surface area contributed by atoms with Crippen molar-refractivity contribution in [2.45, 2.75) is 24.8 Å². The lowest BCUT2D eigenvalue weighted by Crippen LogP contribution is -2.56. The molecule has 98 valence electrons. The van der Waals surface area contributed by atoms with E-state index >= 15 is 0 Å². The highest BCUT2D eigenvalue weighted by molar-refractivity contribution is 6.48. The van der Waals surface area contributed by atoms with Crippen LogP contribution in [-0.4, -0.2) is 28.1 Å². The van der Waals surface area contributed by atoms with Gasteiger partial charge in [-0.1, -0.05) is 34.8 Å². The molecule has 1 amide bonds. The van der Waals surface area contributed by atoms with Gasteiger partial charge in [-0.2, -0.15) is 0 Å². The number of hydrogen-bond donors (Lipinski definition) is 2. The molecule has 1 saturated carbocycles. The van der Waals surface area contributed by atoms with E-state index in [0.717, 1.165) is 19.3 Å². The zero-order valence-electron chi connectivity index (χ0n) is 9.34. The van der Waals surface area contributed by atoms with Crippen LogP contribution in [0.25, 0.3) is 0 Å². The SMILES string of the molecule is O=C(NC1(CO)CCC1)c1ncc(Cl)c(Cl)c1Cl. The average Bonchev–Trinajstić information content (AvgIpc) is 2.31. The van der Waals surface area contributed by atoms with Crippen LogP contribution in [-0.2, 0) is 0 Å². The third-order valence-electron chi connectivity index (χ3n) is 3.12. The third-order valence-corrected chi connectivity index (χ3v) is 4.36. The lowest BCUT2D eigenvalue weighted by Gasteiger charge is -2.40. The molecule has 1 heterocycles. The molecule has 0 spiro atoms. The largest absolute Gasteiger partial charge is 0.394 e. The summed E-state index contributed by atoms with van der Waals surface area (Å²) in [5, 5.41) is 12.3. The van der Waals surface area contributed by atoms with Crippen molar-refractivity contribution < 1.29 is 9.90 Å². The second-order valence-electron chi connectivity index (χ2n) is 4.33. The molecule has 0 saturated heterocycles. The lowest BCUT2D eigenvalue weighted by molar-refractivity contribution is 0.0638. The molecule has 0 aromatic carbocycles. The fourth-order valence-corrected chi connectivity index (χ4v) is 2.39. The Kier molecular flexibility index (Phi) is 4.02. The Bertz CT molecular complexity index is 484. The molecule has 1 aliphatic rings. The van der Waals surface area contributed by atoms with Gasteiger partial charge in [0, 0.05) is 6.20 Å². The van der Waals surface area contributed by atoms with Crippen LogP contribution in [0.4, 0.5) is 0 Å². The molecule has 0 aliphatic heterocycles. The Hall–Kier alpha value is -0.550. The molecule has 2 N–H and O–H groups in total. The number of carbonyl (C=O) groups is 1. The molecule has 0 atom stereocenters. The van der Waals surface area contributed by atoms with Crippen molar-refractivity contribution in [1.29, 1.82) is 0 Å². The maximum atomic E-state index is 12.0. The van der Waals surface area contributed by atoms with E-state index in [2.05, 4.69) is 10.3 Å². The number of aliphatic hydroxyl groups excluding tert-OH is 1.